The van der Waals surface area contributed by atoms with Gasteiger partial charge in [0.15, 0.2) is 11.9 Å². The molecule has 2 atom stereocenters. The Labute approximate surface area is 202 Å². The smallest absolute Gasteiger partial charge is 0.336 e. The van der Waals surface area contributed by atoms with Crippen LogP contribution in [0.4, 0.5) is 5.69 Å². The third kappa shape index (κ3) is 8.97. The summed E-state index contributed by atoms with van der Waals surface area (Å²) >= 11 is 0. The van der Waals surface area contributed by atoms with Crippen molar-refractivity contribution in [3.8, 4) is 0 Å². The van der Waals surface area contributed by atoms with Crippen LogP contribution in [0, 0.1) is 6.92 Å². The van der Waals surface area contributed by atoms with Crippen molar-refractivity contribution in [2.75, 3.05) is 18.4 Å². The van der Waals surface area contributed by atoms with Crippen molar-refractivity contribution in [3.63, 3.8) is 0 Å². The second-order valence-electron chi connectivity index (χ2n) is 8.01. The Balaban J connectivity index is 2.10. The van der Waals surface area contributed by atoms with Gasteiger partial charge in [0.2, 0.25) is 11.8 Å². The van der Waals surface area contributed by atoms with Crippen molar-refractivity contribution in [2.45, 2.75) is 44.7 Å². The van der Waals surface area contributed by atoms with Crippen LogP contribution in [0.5, 0.6) is 0 Å². The summed E-state index contributed by atoms with van der Waals surface area (Å²) in [7, 11) is 0. The molecule has 13 nitrogen and oxygen atoms in total. The minimum atomic E-state index is -0.902. The third-order valence-electron chi connectivity index (χ3n) is 5.10. The number of hydrogen-bond donors (Lipinski definition) is 7. The van der Waals surface area contributed by atoms with E-state index in [2.05, 4.69) is 20.6 Å². The fraction of sp³-hybridized carbons (Fsp3) is 0.409. The van der Waals surface area contributed by atoms with Crippen molar-refractivity contribution in [1.82, 2.24) is 5.32 Å². The van der Waals surface area contributed by atoms with Crippen LogP contribution in [0.2, 0.25) is 0 Å². The van der Waals surface area contributed by atoms with E-state index in [0.717, 1.165) is 10.9 Å². The summed E-state index contributed by atoms with van der Waals surface area (Å²) < 4.78 is 5.23. The SMILES string of the molecule is Cc1cc(=O)oc2cc(NC(=O)[C@@H](CCCN=C(N)N)NC(=O)[C@@H](N)CCCN=C(N)N)ccc12. The van der Waals surface area contributed by atoms with E-state index >= 15 is 0 Å². The molecule has 13 heteroatoms. The van der Waals surface area contributed by atoms with Gasteiger partial charge in [0.25, 0.3) is 0 Å². The minimum Gasteiger partial charge on any atom is -0.423 e. The van der Waals surface area contributed by atoms with Crippen LogP contribution in [0.15, 0.2) is 43.5 Å². The van der Waals surface area contributed by atoms with Gasteiger partial charge in [0.1, 0.15) is 11.6 Å². The maximum absolute atomic E-state index is 13.0. The number of hydrogen-bond acceptors (Lipinski definition) is 7. The number of amides is 2. The minimum absolute atomic E-state index is 0.0383. The molecule has 2 amide bonds. The number of carbonyl (C=O) groups excluding carboxylic acids is 2. The Morgan fingerprint density at radius 1 is 0.971 bits per heavy atom. The average Bonchev–Trinajstić information content (AvgIpc) is 2.77. The van der Waals surface area contributed by atoms with Gasteiger partial charge in [0.05, 0.1) is 6.04 Å². The van der Waals surface area contributed by atoms with Crippen LogP contribution in [0.25, 0.3) is 11.0 Å². The molecule has 2 rings (SSSR count). The van der Waals surface area contributed by atoms with Crippen molar-refractivity contribution in [1.29, 1.82) is 0 Å². The van der Waals surface area contributed by atoms with Gasteiger partial charge in [-0.3, -0.25) is 19.6 Å². The van der Waals surface area contributed by atoms with E-state index in [-0.39, 0.29) is 24.9 Å². The Morgan fingerprint density at radius 3 is 2.23 bits per heavy atom. The maximum Gasteiger partial charge on any atom is 0.336 e. The summed E-state index contributed by atoms with van der Waals surface area (Å²) in [5.74, 6) is -1.06. The standard InChI is InChI=1S/C22H33N9O4/c1-12-10-18(32)35-17-11-13(6-7-14(12)17)30-20(34)16(5-3-9-29-22(26)27)31-19(33)15(23)4-2-8-28-21(24)25/h6-7,10-11,15-16H,2-5,8-9,23H2,1H3,(H,30,34)(H,31,33)(H4,24,25,28)(H4,26,27,29)/t15-,16+/m0/s1. The third-order valence-corrected chi connectivity index (χ3v) is 5.10. The van der Waals surface area contributed by atoms with E-state index in [0.29, 0.717) is 37.1 Å². The van der Waals surface area contributed by atoms with E-state index in [4.69, 9.17) is 33.1 Å². The normalized spacial score (nSPS) is 12.4. The summed E-state index contributed by atoms with van der Waals surface area (Å²) in [5, 5.41) is 6.18. The molecular weight excluding hydrogens is 454 g/mol. The van der Waals surface area contributed by atoms with Gasteiger partial charge in [0, 0.05) is 36.3 Å². The molecule has 1 aromatic heterocycles. The predicted molar refractivity (Wildman–Crippen MR) is 136 cm³/mol. The number of fused-ring (bicyclic) bond motifs is 1. The molecule has 0 saturated carbocycles. The predicted octanol–water partition coefficient (Wildman–Crippen LogP) is -1.04. The lowest BCUT2D eigenvalue weighted by molar-refractivity contribution is -0.127. The van der Waals surface area contributed by atoms with Crippen molar-refractivity contribution >= 4 is 40.4 Å². The number of anilines is 1. The Bertz CT molecular complexity index is 1150. The molecule has 1 aromatic carbocycles. The topological polar surface area (TPSA) is 243 Å². The molecule has 2 aromatic rings. The molecule has 0 aliphatic rings. The number of guanidine groups is 2. The first-order chi connectivity index (χ1) is 16.6. The van der Waals surface area contributed by atoms with Gasteiger partial charge >= 0.3 is 5.63 Å². The quantitative estimate of drug-likeness (QED) is 0.0835. The molecule has 1 heterocycles. The van der Waals surface area contributed by atoms with Crippen LogP contribution >= 0.6 is 0 Å². The molecule has 35 heavy (non-hydrogen) atoms. The van der Waals surface area contributed by atoms with E-state index in [9.17, 15) is 14.4 Å². The van der Waals surface area contributed by atoms with Crippen LogP contribution in [-0.4, -0.2) is 48.9 Å². The molecule has 0 bridgehead atoms. The van der Waals surface area contributed by atoms with Crippen LogP contribution in [0.3, 0.4) is 0 Å². The molecule has 0 radical (unpaired) electrons. The molecule has 0 unspecified atom stereocenters. The lowest BCUT2D eigenvalue weighted by Crippen LogP contribution is -2.50. The van der Waals surface area contributed by atoms with Gasteiger partial charge < -0.3 is 43.7 Å². The van der Waals surface area contributed by atoms with E-state index < -0.39 is 29.5 Å². The van der Waals surface area contributed by atoms with Crippen LogP contribution in [0.1, 0.15) is 31.2 Å². The molecule has 0 spiro atoms. The van der Waals surface area contributed by atoms with Crippen molar-refractivity contribution in [2.24, 2.45) is 38.7 Å². The summed E-state index contributed by atoms with van der Waals surface area (Å²) in [6, 6.07) is 4.61. The highest BCUT2D eigenvalue weighted by atomic mass is 16.4. The van der Waals surface area contributed by atoms with Crippen LogP contribution in [-0.2, 0) is 9.59 Å². The van der Waals surface area contributed by atoms with Crippen molar-refractivity contribution in [3.05, 3.63) is 40.2 Å². The van der Waals surface area contributed by atoms with E-state index in [1.807, 2.05) is 0 Å². The molecule has 190 valence electrons. The summed E-state index contributed by atoms with van der Waals surface area (Å²) in [5.41, 5.74) is 28.2. The molecule has 12 N–H and O–H groups in total. The summed E-state index contributed by atoms with van der Waals surface area (Å²) in [6.07, 6.45) is 1.52. The van der Waals surface area contributed by atoms with E-state index in [1.165, 1.54) is 6.07 Å². The first-order valence-electron chi connectivity index (χ1n) is 11.1. The van der Waals surface area contributed by atoms with Gasteiger partial charge in [-0.15, -0.1) is 0 Å². The molecule has 0 aliphatic heterocycles. The zero-order chi connectivity index (χ0) is 26.0. The number of benzene rings is 1. The van der Waals surface area contributed by atoms with Crippen LogP contribution < -0.4 is 44.9 Å². The monoisotopic (exact) mass is 487 g/mol. The van der Waals surface area contributed by atoms with Gasteiger partial charge in [-0.1, -0.05) is 0 Å². The number of aryl methyl sites for hydroxylation is 1. The summed E-state index contributed by atoms with van der Waals surface area (Å²) in [6.45, 7) is 2.41. The van der Waals surface area contributed by atoms with E-state index in [1.54, 1.807) is 25.1 Å². The zero-order valence-electron chi connectivity index (χ0n) is 19.6. The molecule has 0 saturated heterocycles. The Morgan fingerprint density at radius 2 is 1.60 bits per heavy atom. The van der Waals surface area contributed by atoms with Crippen molar-refractivity contribution < 1.29 is 14.0 Å². The maximum atomic E-state index is 13.0. The number of nitrogens with one attached hydrogen (secondary N) is 2. The average molecular weight is 488 g/mol. The number of rotatable bonds is 12. The Hall–Kier alpha value is -4.13. The first kappa shape index (κ1) is 27.1. The molecular formula is C22H33N9O4. The zero-order valence-corrected chi connectivity index (χ0v) is 19.6. The second kappa shape index (κ2) is 12.9. The number of aliphatic imine (C=N–C) groups is 2. The molecule has 0 fully saturated rings. The fourth-order valence-electron chi connectivity index (χ4n) is 3.33. The number of nitrogens with zero attached hydrogens (tertiary/aromatic N) is 2. The second-order valence-corrected chi connectivity index (χ2v) is 8.01. The fourth-order valence-corrected chi connectivity index (χ4v) is 3.33. The molecule has 0 aliphatic carbocycles. The Kier molecular flexibility index (Phi) is 10.0. The van der Waals surface area contributed by atoms with Gasteiger partial charge in [-0.25, -0.2) is 4.79 Å². The number of nitrogens with two attached hydrogens (primary N) is 5. The largest absolute Gasteiger partial charge is 0.423 e. The first-order valence-corrected chi connectivity index (χ1v) is 11.1. The highest BCUT2D eigenvalue weighted by Crippen LogP contribution is 2.21. The van der Waals surface area contributed by atoms with Gasteiger partial charge in [-0.2, -0.15) is 0 Å². The number of carbonyl (C=O) groups is 2. The lowest BCUT2D eigenvalue weighted by atomic mass is 10.1. The highest BCUT2D eigenvalue weighted by molar-refractivity contribution is 5.99. The van der Waals surface area contributed by atoms with Gasteiger partial charge in [-0.05, 0) is 50.3 Å². The highest BCUT2D eigenvalue weighted by Gasteiger charge is 2.23. The lowest BCUT2D eigenvalue weighted by Gasteiger charge is -2.20. The summed E-state index contributed by atoms with van der Waals surface area (Å²) in [4.78, 5) is 45.1.